The van der Waals surface area contributed by atoms with Crippen LogP contribution in [-0.2, 0) is 16.0 Å². The quantitative estimate of drug-likeness (QED) is 0.864. The molecule has 4 heteroatoms. The molecular weight excluding hydrogens is 272 g/mol. The van der Waals surface area contributed by atoms with Gasteiger partial charge in [0.05, 0.1) is 0 Å². The molecule has 1 aromatic carbocycles. The van der Waals surface area contributed by atoms with Crippen LogP contribution in [0.1, 0.15) is 18.1 Å². The zero-order valence-electron chi connectivity index (χ0n) is 8.74. The van der Waals surface area contributed by atoms with E-state index in [1.165, 1.54) is 13.0 Å². The molecule has 0 aliphatic rings. The lowest BCUT2D eigenvalue weighted by Gasteiger charge is -2.02. The zero-order chi connectivity index (χ0) is 12.1. The van der Waals surface area contributed by atoms with Crippen molar-refractivity contribution in [3.63, 3.8) is 0 Å². The van der Waals surface area contributed by atoms with Crippen LogP contribution in [0.4, 0.5) is 0 Å². The van der Waals surface area contributed by atoms with E-state index in [2.05, 4.69) is 15.9 Å². The summed E-state index contributed by atoms with van der Waals surface area (Å²) in [5, 5.41) is 8.49. The summed E-state index contributed by atoms with van der Waals surface area (Å²) in [6.07, 6.45) is 2.97. The number of rotatable bonds is 4. The Morgan fingerprint density at radius 3 is 2.62 bits per heavy atom. The van der Waals surface area contributed by atoms with Gasteiger partial charge >= 0.3 is 5.97 Å². The molecule has 0 saturated carbocycles. The summed E-state index contributed by atoms with van der Waals surface area (Å²) in [5.41, 5.74) is 1.68. The van der Waals surface area contributed by atoms with E-state index in [9.17, 15) is 9.59 Å². The Morgan fingerprint density at radius 1 is 1.44 bits per heavy atom. The van der Waals surface area contributed by atoms with Crippen LogP contribution < -0.4 is 0 Å². The van der Waals surface area contributed by atoms with Crippen molar-refractivity contribution in [2.45, 2.75) is 13.3 Å². The summed E-state index contributed by atoms with van der Waals surface area (Å²) < 4.78 is 0.781. The van der Waals surface area contributed by atoms with Crippen molar-refractivity contribution >= 4 is 33.8 Å². The van der Waals surface area contributed by atoms with Gasteiger partial charge in [-0.05, 0) is 30.2 Å². The van der Waals surface area contributed by atoms with Crippen LogP contribution in [0.3, 0.4) is 0 Å². The monoisotopic (exact) mass is 282 g/mol. The van der Waals surface area contributed by atoms with Crippen molar-refractivity contribution in [1.82, 2.24) is 0 Å². The predicted molar refractivity (Wildman–Crippen MR) is 65.2 cm³/mol. The van der Waals surface area contributed by atoms with Crippen LogP contribution in [0.2, 0.25) is 0 Å². The summed E-state index contributed by atoms with van der Waals surface area (Å²) in [6, 6.07) is 5.42. The van der Waals surface area contributed by atoms with Crippen molar-refractivity contribution in [2.75, 3.05) is 0 Å². The van der Waals surface area contributed by atoms with Gasteiger partial charge in [0.2, 0.25) is 0 Å². The average Bonchev–Trinajstić information content (AvgIpc) is 2.15. The molecular formula is C12H11BrO3. The maximum atomic E-state index is 10.9. The zero-order valence-corrected chi connectivity index (χ0v) is 10.3. The Balaban J connectivity index is 2.91. The van der Waals surface area contributed by atoms with Gasteiger partial charge in [-0.3, -0.25) is 4.79 Å². The van der Waals surface area contributed by atoms with Crippen LogP contribution in [0.25, 0.3) is 6.08 Å². The number of ketones is 1. The van der Waals surface area contributed by atoms with Crippen molar-refractivity contribution in [3.05, 3.63) is 39.9 Å². The molecule has 0 atom stereocenters. The summed E-state index contributed by atoms with van der Waals surface area (Å²) in [5.74, 6) is -0.888. The number of carboxylic acid groups (broad SMARTS) is 1. The van der Waals surface area contributed by atoms with Crippen molar-refractivity contribution in [1.29, 1.82) is 0 Å². The molecule has 0 bridgehead atoms. The lowest BCUT2D eigenvalue weighted by Crippen LogP contribution is -1.96. The van der Waals surface area contributed by atoms with Crippen molar-refractivity contribution in [3.8, 4) is 0 Å². The molecule has 0 heterocycles. The molecule has 84 valence electrons. The number of Topliss-reactive ketones (excluding diaryl/α,β-unsaturated/α-hetero) is 1. The Hall–Kier alpha value is -1.42. The molecule has 0 aliphatic carbocycles. The maximum Gasteiger partial charge on any atom is 0.328 e. The van der Waals surface area contributed by atoms with E-state index in [0.29, 0.717) is 6.42 Å². The molecule has 16 heavy (non-hydrogen) atoms. The number of halogens is 1. The molecule has 1 rings (SSSR count). The van der Waals surface area contributed by atoms with Crippen LogP contribution >= 0.6 is 15.9 Å². The number of hydrogen-bond donors (Lipinski definition) is 1. The highest BCUT2D eigenvalue weighted by Crippen LogP contribution is 2.20. The van der Waals surface area contributed by atoms with Gasteiger partial charge in [-0.15, -0.1) is 0 Å². The first-order valence-corrected chi connectivity index (χ1v) is 5.47. The normalized spacial score (nSPS) is 10.6. The van der Waals surface area contributed by atoms with Gasteiger partial charge in [0.25, 0.3) is 0 Å². The average molecular weight is 283 g/mol. The van der Waals surface area contributed by atoms with Gasteiger partial charge < -0.3 is 5.11 Å². The first-order chi connectivity index (χ1) is 7.49. The van der Waals surface area contributed by atoms with E-state index in [1.807, 2.05) is 12.1 Å². The maximum absolute atomic E-state index is 10.9. The molecule has 0 spiro atoms. The number of hydrogen-bond acceptors (Lipinski definition) is 2. The third-order valence-corrected chi connectivity index (χ3v) is 2.61. The van der Waals surface area contributed by atoms with Crippen LogP contribution in [0.5, 0.6) is 0 Å². The Kier molecular flexibility index (Phi) is 4.43. The Labute approximate surface area is 102 Å². The Bertz CT molecular complexity index is 450. The van der Waals surface area contributed by atoms with Gasteiger partial charge in [0.1, 0.15) is 5.78 Å². The fourth-order valence-electron chi connectivity index (χ4n) is 1.26. The summed E-state index contributed by atoms with van der Waals surface area (Å²) in [7, 11) is 0. The predicted octanol–water partition coefficient (Wildman–Crippen LogP) is 2.68. The lowest BCUT2D eigenvalue weighted by atomic mass is 10.1. The highest BCUT2D eigenvalue weighted by atomic mass is 79.9. The molecule has 0 aromatic heterocycles. The first-order valence-electron chi connectivity index (χ1n) is 4.68. The van der Waals surface area contributed by atoms with E-state index in [0.717, 1.165) is 21.7 Å². The summed E-state index contributed by atoms with van der Waals surface area (Å²) in [6.45, 7) is 1.53. The highest BCUT2D eigenvalue weighted by molar-refractivity contribution is 9.10. The number of carbonyl (C=O) groups is 2. The van der Waals surface area contributed by atoms with E-state index >= 15 is 0 Å². The van der Waals surface area contributed by atoms with Gasteiger partial charge in [-0.1, -0.05) is 28.1 Å². The molecule has 0 amide bonds. The smallest absolute Gasteiger partial charge is 0.328 e. The highest BCUT2D eigenvalue weighted by Gasteiger charge is 2.01. The minimum atomic E-state index is -0.986. The molecule has 0 aliphatic heterocycles. The van der Waals surface area contributed by atoms with Crippen LogP contribution in [0, 0.1) is 0 Å². The van der Waals surface area contributed by atoms with Gasteiger partial charge in [-0.2, -0.15) is 0 Å². The molecule has 0 saturated heterocycles. The molecule has 1 aromatic rings. The van der Waals surface area contributed by atoms with Crippen molar-refractivity contribution < 1.29 is 14.7 Å². The fraction of sp³-hybridized carbons (Fsp3) is 0.167. The topological polar surface area (TPSA) is 54.4 Å². The second-order valence-electron chi connectivity index (χ2n) is 3.41. The summed E-state index contributed by atoms with van der Waals surface area (Å²) >= 11 is 3.33. The third kappa shape index (κ3) is 3.98. The van der Waals surface area contributed by atoms with E-state index in [1.54, 1.807) is 6.07 Å². The number of carbonyl (C=O) groups excluding carboxylic acids is 1. The molecule has 1 N–H and O–H groups in total. The molecule has 0 radical (unpaired) electrons. The first kappa shape index (κ1) is 12.6. The lowest BCUT2D eigenvalue weighted by molar-refractivity contribution is -0.131. The SMILES string of the molecule is CC(=O)Cc1ccc(/C=C/C(=O)O)c(Br)c1. The number of carboxylic acids is 1. The van der Waals surface area contributed by atoms with E-state index < -0.39 is 5.97 Å². The van der Waals surface area contributed by atoms with Crippen LogP contribution in [-0.4, -0.2) is 16.9 Å². The Morgan fingerprint density at radius 2 is 2.12 bits per heavy atom. The largest absolute Gasteiger partial charge is 0.478 e. The van der Waals surface area contributed by atoms with E-state index in [-0.39, 0.29) is 5.78 Å². The standard InChI is InChI=1S/C12H11BrO3/c1-8(14)6-9-2-3-10(11(13)7-9)4-5-12(15)16/h2-5,7H,6H2,1H3,(H,15,16)/b5-4+. The minimum Gasteiger partial charge on any atom is -0.478 e. The van der Waals surface area contributed by atoms with Gasteiger partial charge in [0, 0.05) is 17.0 Å². The number of benzene rings is 1. The number of aliphatic carboxylic acids is 1. The fourth-order valence-corrected chi connectivity index (χ4v) is 1.82. The molecule has 0 unspecified atom stereocenters. The summed E-state index contributed by atoms with van der Waals surface area (Å²) in [4.78, 5) is 21.3. The van der Waals surface area contributed by atoms with Crippen molar-refractivity contribution in [2.24, 2.45) is 0 Å². The third-order valence-electron chi connectivity index (χ3n) is 1.92. The molecule has 3 nitrogen and oxygen atoms in total. The van der Waals surface area contributed by atoms with E-state index in [4.69, 9.17) is 5.11 Å². The van der Waals surface area contributed by atoms with Gasteiger partial charge in [-0.25, -0.2) is 4.79 Å². The minimum absolute atomic E-state index is 0.0979. The van der Waals surface area contributed by atoms with Gasteiger partial charge in [0.15, 0.2) is 0 Å². The second-order valence-corrected chi connectivity index (χ2v) is 4.26. The second kappa shape index (κ2) is 5.61. The van der Waals surface area contributed by atoms with Crippen LogP contribution in [0.15, 0.2) is 28.7 Å². The molecule has 0 fully saturated rings.